The number of aliphatic hydroxyl groups excluding tert-OH is 1. The fourth-order valence-electron chi connectivity index (χ4n) is 1.38. The van der Waals surface area contributed by atoms with Crippen LogP contribution in [0.15, 0.2) is 16.3 Å². The van der Waals surface area contributed by atoms with E-state index in [9.17, 15) is 8.42 Å². The van der Waals surface area contributed by atoms with Gasteiger partial charge in [0.15, 0.2) is 0 Å². The van der Waals surface area contributed by atoms with E-state index < -0.39 is 10.0 Å². The lowest BCUT2D eigenvalue weighted by atomic mass is 10.3. The summed E-state index contributed by atoms with van der Waals surface area (Å²) in [6.07, 6.45) is 0. The second kappa shape index (κ2) is 6.63. The number of nitrogens with zero attached hydrogens (tertiary/aromatic N) is 1. The van der Waals surface area contributed by atoms with Crippen molar-refractivity contribution in [2.45, 2.75) is 31.4 Å². The highest BCUT2D eigenvalue weighted by Gasteiger charge is 2.19. The van der Waals surface area contributed by atoms with Crippen LogP contribution in [0.25, 0.3) is 0 Å². The van der Waals surface area contributed by atoms with Crippen molar-refractivity contribution in [3.63, 3.8) is 0 Å². The minimum absolute atomic E-state index is 0.183. The molecule has 5 nitrogen and oxygen atoms in total. The maximum atomic E-state index is 12.0. The third-order valence-electron chi connectivity index (χ3n) is 2.78. The third-order valence-corrected chi connectivity index (χ3v) is 5.36. The van der Waals surface area contributed by atoms with Gasteiger partial charge in [-0.15, -0.1) is 11.3 Å². The molecule has 1 rings (SSSR count). The molecular weight excluding hydrogens is 272 g/mol. The summed E-state index contributed by atoms with van der Waals surface area (Å²) < 4.78 is 26.5. The lowest BCUT2D eigenvalue weighted by molar-refractivity contribution is 0.278. The Hall–Kier alpha value is -0.470. The minimum Gasteiger partial charge on any atom is -0.391 e. The summed E-state index contributed by atoms with van der Waals surface area (Å²) in [5, 5.41) is 10.7. The number of likely N-dealkylation sites (N-methyl/N-ethyl adjacent to an activating group) is 1. The first-order chi connectivity index (χ1) is 8.38. The molecular formula is C11H20N2O3S2. The average Bonchev–Trinajstić information content (AvgIpc) is 2.77. The molecule has 7 heteroatoms. The number of rotatable bonds is 7. The fourth-order valence-corrected chi connectivity index (χ4v) is 3.69. The Morgan fingerprint density at radius 3 is 2.72 bits per heavy atom. The molecule has 0 amide bonds. The van der Waals surface area contributed by atoms with E-state index in [-0.39, 0.29) is 11.5 Å². The van der Waals surface area contributed by atoms with Crippen molar-refractivity contribution < 1.29 is 13.5 Å². The quantitative estimate of drug-likeness (QED) is 0.782. The van der Waals surface area contributed by atoms with Crippen molar-refractivity contribution >= 4 is 21.4 Å². The van der Waals surface area contributed by atoms with Crippen LogP contribution >= 0.6 is 11.3 Å². The molecule has 0 bridgehead atoms. The van der Waals surface area contributed by atoms with Gasteiger partial charge in [0.25, 0.3) is 0 Å². The normalized spacial score (nSPS) is 12.6. The summed E-state index contributed by atoms with van der Waals surface area (Å²) in [7, 11) is -1.56. The molecule has 0 aliphatic rings. The van der Waals surface area contributed by atoms with E-state index >= 15 is 0 Å². The largest absolute Gasteiger partial charge is 0.391 e. The van der Waals surface area contributed by atoms with Gasteiger partial charge in [-0.2, -0.15) is 0 Å². The van der Waals surface area contributed by atoms with E-state index in [2.05, 4.69) is 23.5 Å². The Kier molecular flexibility index (Phi) is 5.74. The number of hydrogen-bond donors (Lipinski definition) is 2. The van der Waals surface area contributed by atoms with Gasteiger partial charge in [-0.3, -0.25) is 0 Å². The van der Waals surface area contributed by atoms with Crippen LogP contribution in [0.3, 0.4) is 0 Å². The Balaban J connectivity index is 2.61. The second-order valence-electron chi connectivity index (χ2n) is 4.34. The Bertz CT molecular complexity index is 468. The summed E-state index contributed by atoms with van der Waals surface area (Å²) in [6, 6.07) is 1.90. The van der Waals surface area contributed by atoms with Gasteiger partial charge in [0.1, 0.15) is 0 Å². The molecule has 0 radical (unpaired) electrons. The Morgan fingerprint density at radius 2 is 2.17 bits per heavy atom. The van der Waals surface area contributed by atoms with E-state index in [4.69, 9.17) is 5.11 Å². The molecule has 1 heterocycles. The Labute approximate surface area is 112 Å². The number of hydrogen-bond acceptors (Lipinski definition) is 5. The standard InChI is InChI=1S/C11H20N2O3S2/c1-9(2)13(3)6-5-12-18(15,16)11-4-7-17-10(11)8-14/h4,7,9,12,14H,5-6,8H2,1-3H3. The lowest BCUT2D eigenvalue weighted by Crippen LogP contribution is -2.36. The molecule has 0 atom stereocenters. The first kappa shape index (κ1) is 15.6. The van der Waals surface area contributed by atoms with E-state index in [1.807, 2.05) is 7.05 Å². The van der Waals surface area contributed by atoms with Gasteiger partial charge in [-0.25, -0.2) is 13.1 Å². The van der Waals surface area contributed by atoms with Crippen LogP contribution in [0.4, 0.5) is 0 Å². The van der Waals surface area contributed by atoms with Crippen LogP contribution in [0.2, 0.25) is 0 Å². The fraction of sp³-hybridized carbons (Fsp3) is 0.636. The van der Waals surface area contributed by atoms with Crippen molar-refractivity contribution in [2.75, 3.05) is 20.1 Å². The number of nitrogens with one attached hydrogen (secondary N) is 1. The molecule has 0 saturated carbocycles. The molecule has 0 saturated heterocycles. The van der Waals surface area contributed by atoms with E-state index in [0.29, 0.717) is 24.0 Å². The zero-order valence-electron chi connectivity index (χ0n) is 10.9. The minimum atomic E-state index is -3.51. The van der Waals surface area contributed by atoms with Crippen molar-refractivity contribution in [2.24, 2.45) is 0 Å². The first-order valence-corrected chi connectivity index (χ1v) is 8.12. The summed E-state index contributed by atoms with van der Waals surface area (Å²) in [5.74, 6) is 0. The van der Waals surface area contributed by atoms with Gasteiger partial charge in [0.05, 0.1) is 11.5 Å². The Morgan fingerprint density at radius 1 is 1.50 bits per heavy atom. The molecule has 1 aromatic heterocycles. The molecule has 0 aromatic carbocycles. The molecule has 0 aliphatic carbocycles. The van der Waals surface area contributed by atoms with Crippen molar-refractivity contribution in [3.8, 4) is 0 Å². The highest BCUT2D eigenvalue weighted by atomic mass is 32.2. The smallest absolute Gasteiger partial charge is 0.241 e. The first-order valence-electron chi connectivity index (χ1n) is 5.75. The van der Waals surface area contributed by atoms with E-state index in [1.54, 1.807) is 5.38 Å². The van der Waals surface area contributed by atoms with Gasteiger partial charge >= 0.3 is 0 Å². The molecule has 1 aromatic rings. The molecule has 104 valence electrons. The maximum absolute atomic E-state index is 12.0. The molecule has 2 N–H and O–H groups in total. The monoisotopic (exact) mass is 292 g/mol. The third kappa shape index (κ3) is 4.03. The molecule has 0 unspecified atom stereocenters. The second-order valence-corrected chi connectivity index (χ2v) is 7.07. The van der Waals surface area contributed by atoms with Gasteiger partial charge in [0, 0.05) is 24.0 Å². The van der Waals surface area contributed by atoms with Crippen LogP contribution in [0.5, 0.6) is 0 Å². The van der Waals surface area contributed by atoms with Crippen LogP contribution in [-0.2, 0) is 16.6 Å². The number of aliphatic hydroxyl groups is 1. The highest BCUT2D eigenvalue weighted by molar-refractivity contribution is 7.89. The predicted octanol–water partition coefficient (Wildman–Crippen LogP) is 0.859. The topological polar surface area (TPSA) is 69.6 Å². The molecule has 0 fully saturated rings. The van der Waals surface area contributed by atoms with Gasteiger partial charge < -0.3 is 10.0 Å². The summed E-state index contributed by atoms with van der Waals surface area (Å²) in [5.41, 5.74) is 0. The SMILES string of the molecule is CC(C)N(C)CCNS(=O)(=O)c1ccsc1CO. The van der Waals surface area contributed by atoms with Crippen LogP contribution in [-0.4, -0.2) is 44.6 Å². The predicted molar refractivity (Wildman–Crippen MR) is 73.2 cm³/mol. The summed E-state index contributed by atoms with van der Waals surface area (Å²) >= 11 is 1.24. The zero-order chi connectivity index (χ0) is 13.8. The van der Waals surface area contributed by atoms with Crippen molar-refractivity contribution in [1.29, 1.82) is 0 Å². The maximum Gasteiger partial charge on any atom is 0.241 e. The van der Waals surface area contributed by atoms with Crippen LogP contribution < -0.4 is 4.72 Å². The molecule has 0 spiro atoms. The van der Waals surface area contributed by atoms with Gasteiger partial charge in [0.2, 0.25) is 10.0 Å². The van der Waals surface area contributed by atoms with E-state index in [0.717, 1.165) is 0 Å². The number of sulfonamides is 1. The summed E-state index contributed by atoms with van der Waals surface area (Å²) in [4.78, 5) is 2.71. The summed E-state index contributed by atoms with van der Waals surface area (Å²) in [6.45, 7) is 4.86. The van der Waals surface area contributed by atoms with Crippen LogP contribution in [0.1, 0.15) is 18.7 Å². The number of thiophene rings is 1. The highest BCUT2D eigenvalue weighted by Crippen LogP contribution is 2.21. The van der Waals surface area contributed by atoms with E-state index in [1.165, 1.54) is 17.4 Å². The molecule has 18 heavy (non-hydrogen) atoms. The van der Waals surface area contributed by atoms with Gasteiger partial charge in [-0.05, 0) is 32.3 Å². The van der Waals surface area contributed by atoms with Crippen LogP contribution in [0, 0.1) is 0 Å². The van der Waals surface area contributed by atoms with Crippen molar-refractivity contribution in [3.05, 3.63) is 16.3 Å². The average molecular weight is 292 g/mol. The van der Waals surface area contributed by atoms with Crippen molar-refractivity contribution in [1.82, 2.24) is 9.62 Å². The lowest BCUT2D eigenvalue weighted by Gasteiger charge is -2.20. The molecule has 0 aliphatic heterocycles. The van der Waals surface area contributed by atoms with Gasteiger partial charge in [-0.1, -0.05) is 0 Å². The zero-order valence-corrected chi connectivity index (χ0v) is 12.5.